The van der Waals surface area contributed by atoms with Gasteiger partial charge in [-0.25, -0.2) is 0 Å². The number of allylic oxidation sites excluding steroid dienone is 1. The number of hydrogen-bond acceptors (Lipinski definition) is 3. The van der Waals surface area contributed by atoms with E-state index in [0.29, 0.717) is 17.7 Å². The van der Waals surface area contributed by atoms with Gasteiger partial charge in [0, 0.05) is 11.9 Å². The zero-order valence-corrected chi connectivity index (χ0v) is 11.6. The summed E-state index contributed by atoms with van der Waals surface area (Å²) in [4.78, 5) is 14.6. The van der Waals surface area contributed by atoms with Gasteiger partial charge in [-0.2, -0.15) is 0 Å². The fraction of sp³-hybridized carbons (Fsp3) is 0.267. The lowest BCUT2D eigenvalue weighted by Gasteiger charge is -2.40. The number of para-hydroxylation sites is 1. The maximum Gasteiger partial charge on any atom is 0.221 e. The third-order valence-corrected chi connectivity index (χ3v) is 4.86. The lowest BCUT2D eigenvalue weighted by Crippen LogP contribution is -2.42. The molecule has 2 aliphatic rings. The monoisotopic (exact) mass is 272 g/mol. The van der Waals surface area contributed by atoms with Crippen LogP contribution in [-0.2, 0) is 4.79 Å². The Morgan fingerprint density at radius 2 is 2.21 bits per heavy atom. The average Bonchev–Trinajstić information content (AvgIpc) is 2.39. The quantitative estimate of drug-likeness (QED) is 0.899. The van der Waals surface area contributed by atoms with Gasteiger partial charge in [0.15, 0.2) is 0 Å². The molecule has 0 spiro atoms. The molecule has 19 heavy (non-hydrogen) atoms. The first-order valence-corrected chi connectivity index (χ1v) is 7.19. The van der Waals surface area contributed by atoms with Gasteiger partial charge in [-0.05, 0) is 17.7 Å². The second-order valence-corrected chi connectivity index (χ2v) is 6.12. The molecule has 1 aromatic carbocycles. The Balaban J connectivity index is 1.93. The smallest absolute Gasteiger partial charge is 0.221 e. The van der Waals surface area contributed by atoms with Crippen molar-refractivity contribution < 1.29 is 4.79 Å². The zero-order valence-electron chi connectivity index (χ0n) is 10.7. The van der Waals surface area contributed by atoms with Crippen LogP contribution in [0.2, 0.25) is 0 Å². The van der Waals surface area contributed by atoms with Gasteiger partial charge in [0.05, 0.1) is 23.4 Å². The van der Waals surface area contributed by atoms with Crippen LogP contribution in [0.3, 0.4) is 0 Å². The minimum atomic E-state index is -0.277. The van der Waals surface area contributed by atoms with E-state index in [1.54, 1.807) is 0 Å². The number of benzene rings is 1. The Labute approximate surface area is 117 Å². The molecule has 1 amide bonds. The first kappa shape index (κ1) is 12.4. The number of carbonyl (C=O) groups excluding carboxylic acids is 1. The van der Waals surface area contributed by atoms with Crippen molar-refractivity contribution in [3.05, 3.63) is 48.1 Å². The minimum Gasteiger partial charge on any atom is -0.369 e. The second kappa shape index (κ2) is 4.78. The molecule has 1 aliphatic carbocycles. The van der Waals surface area contributed by atoms with Crippen LogP contribution in [0.1, 0.15) is 6.42 Å². The number of thioether (sulfide) groups is 1. The van der Waals surface area contributed by atoms with Crippen LogP contribution in [0, 0.1) is 0 Å². The molecule has 2 atom stereocenters. The van der Waals surface area contributed by atoms with Gasteiger partial charge >= 0.3 is 0 Å². The summed E-state index contributed by atoms with van der Waals surface area (Å²) in [6, 6.07) is 8.71. The van der Waals surface area contributed by atoms with E-state index in [-0.39, 0.29) is 5.91 Å². The van der Waals surface area contributed by atoms with Crippen LogP contribution in [0.25, 0.3) is 0 Å². The molecule has 3 rings (SSSR count). The van der Waals surface area contributed by atoms with Crippen molar-refractivity contribution in [2.45, 2.75) is 22.6 Å². The Morgan fingerprint density at radius 1 is 1.42 bits per heavy atom. The summed E-state index contributed by atoms with van der Waals surface area (Å²) in [7, 11) is 2.10. The summed E-state index contributed by atoms with van der Waals surface area (Å²) >= 11 is 1.88. The molecule has 98 valence electrons. The fourth-order valence-corrected chi connectivity index (χ4v) is 3.96. The summed E-state index contributed by atoms with van der Waals surface area (Å²) in [6.45, 7) is 0. The van der Waals surface area contributed by atoms with Gasteiger partial charge < -0.3 is 10.6 Å². The predicted octanol–water partition coefficient (Wildman–Crippen LogP) is 2.34. The van der Waals surface area contributed by atoms with E-state index in [9.17, 15) is 4.79 Å². The minimum absolute atomic E-state index is 0.277. The van der Waals surface area contributed by atoms with Crippen molar-refractivity contribution >= 4 is 23.4 Å². The molecule has 0 unspecified atom stereocenters. The summed E-state index contributed by atoms with van der Waals surface area (Å²) < 4.78 is 0. The Morgan fingerprint density at radius 3 is 3.00 bits per heavy atom. The molecule has 2 N–H and O–H groups in total. The van der Waals surface area contributed by atoms with E-state index in [4.69, 9.17) is 5.73 Å². The van der Waals surface area contributed by atoms with E-state index in [0.717, 1.165) is 5.57 Å². The standard InChI is InChI=1S/C15H16N2OS/c1-17-11-4-2-3-5-13(11)19-14-7-6-10(8-12(14)17)9-15(16)18/h2-8,12,14H,9H2,1H3,(H2,16,18)/t12-,14+/m0/s1. The summed E-state index contributed by atoms with van der Waals surface area (Å²) in [6.07, 6.45) is 6.69. The average molecular weight is 272 g/mol. The lowest BCUT2D eigenvalue weighted by atomic mass is 9.98. The summed E-state index contributed by atoms with van der Waals surface area (Å²) in [5.41, 5.74) is 7.53. The number of anilines is 1. The molecule has 3 nitrogen and oxygen atoms in total. The van der Waals surface area contributed by atoms with Crippen molar-refractivity contribution in [3.63, 3.8) is 0 Å². The fourth-order valence-electron chi connectivity index (χ4n) is 2.62. The third kappa shape index (κ3) is 2.28. The molecule has 1 heterocycles. The van der Waals surface area contributed by atoms with Gasteiger partial charge in [-0.1, -0.05) is 30.4 Å². The first-order valence-electron chi connectivity index (χ1n) is 6.31. The maximum absolute atomic E-state index is 11.0. The predicted molar refractivity (Wildman–Crippen MR) is 79.3 cm³/mol. The Hall–Kier alpha value is -1.68. The Bertz CT molecular complexity index is 579. The number of amides is 1. The SMILES string of the molecule is CN1c2ccccc2S[C@@H]2C=CC(CC(N)=O)=C[C@@H]21. The molecule has 0 saturated carbocycles. The number of primary amides is 1. The van der Waals surface area contributed by atoms with Gasteiger partial charge in [0.1, 0.15) is 0 Å². The number of hydrogen-bond donors (Lipinski definition) is 1. The van der Waals surface area contributed by atoms with Crippen LogP contribution in [0.4, 0.5) is 5.69 Å². The van der Waals surface area contributed by atoms with Gasteiger partial charge in [0.25, 0.3) is 0 Å². The summed E-state index contributed by atoms with van der Waals surface area (Å²) in [5.74, 6) is -0.277. The topological polar surface area (TPSA) is 46.3 Å². The van der Waals surface area contributed by atoms with Crippen molar-refractivity contribution in [2.24, 2.45) is 5.73 Å². The first-order chi connectivity index (χ1) is 9.15. The number of rotatable bonds is 2. The molecule has 0 radical (unpaired) electrons. The van der Waals surface area contributed by atoms with Crippen molar-refractivity contribution in [1.82, 2.24) is 0 Å². The molecular formula is C15H16N2OS. The number of nitrogens with zero attached hydrogens (tertiary/aromatic N) is 1. The van der Waals surface area contributed by atoms with Crippen molar-refractivity contribution in [3.8, 4) is 0 Å². The third-order valence-electron chi connectivity index (χ3n) is 3.56. The molecular weight excluding hydrogens is 256 g/mol. The molecule has 1 aliphatic heterocycles. The number of likely N-dealkylation sites (N-methyl/N-ethyl adjacent to an activating group) is 1. The van der Waals surface area contributed by atoms with Crippen molar-refractivity contribution in [2.75, 3.05) is 11.9 Å². The van der Waals surface area contributed by atoms with E-state index < -0.39 is 0 Å². The highest BCUT2D eigenvalue weighted by Crippen LogP contribution is 2.43. The van der Waals surface area contributed by atoms with Gasteiger partial charge in [-0.3, -0.25) is 4.79 Å². The van der Waals surface area contributed by atoms with Crippen molar-refractivity contribution in [1.29, 1.82) is 0 Å². The molecule has 4 heteroatoms. The van der Waals surface area contributed by atoms with E-state index in [1.807, 2.05) is 17.8 Å². The lowest BCUT2D eigenvalue weighted by molar-refractivity contribution is -0.117. The Kier molecular flexibility index (Phi) is 3.11. The van der Waals surface area contributed by atoms with Gasteiger partial charge in [-0.15, -0.1) is 11.8 Å². The van der Waals surface area contributed by atoms with E-state index in [1.165, 1.54) is 10.6 Å². The van der Waals surface area contributed by atoms with Gasteiger partial charge in [0.2, 0.25) is 5.91 Å². The highest BCUT2D eigenvalue weighted by atomic mass is 32.2. The maximum atomic E-state index is 11.0. The zero-order chi connectivity index (χ0) is 13.4. The van der Waals surface area contributed by atoms with Crippen LogP contribution in [-0.4, -0.2) is 24.2 Å². The van der Waals surface area contributed by atoms with Crippen LogP contribution in [0.5, 0.6) is 0 Å². The second-order valence-electron chi connectivity index (χ2n) is 4.90. The number of carbonyl (C=O) groups is 1. The normalized spacial score (nSPS) is 24.5. The molecule has 0 aromatic heterocycles. The van der Waals surface area contributed by atoms with Crippen LogP contribution in [0.15, 0.2) is 53.0 Å². The van der Waals surface area contributed by atoms with Crippen LogP contribution >= 0.6 is 11.8 Å². The molecule has 0 saturated heterocycles. The molecule has 1 aromatic rings. The van der Waals surface area contributed by atoms with Crippen LogP contribution < -0.4 is 10.6 Å². The summed E-state index contributed by atoms with van der Waals surface area (Å²) in [5, 5.41) is 0.400. The molecule has 0 bridgehead atoms. The number of nitrogens with two attached hydrogens (primary N) is 1. The van der Waals surface area contributed by atoms with E-state index >= 15 is 0 Å². The number of fused-ring (bicyclic) bond motifs is 2. The highest BCUT2D eigenvalue weighted by Gasteiger charge is 2.31. The van der Waals surface area contributed by atoms with E-state index in [2.05, 4.69) is 48.4 Å². The molecule has 0 fully saturated rings. The largest absolute Gasteiger partial charge is 0.369 e. The highest BCUT2D eigenvalue weighted by molar-refractivity contribution is 8.00.